The van der Waals surface area contributed by atoms with Crippen molar-refractivity contribution in [3.8, 4) is 18.1 Å². The summed E-state index contributed by atoms with van der Waals surface area (Å²) in [4.78, 5) is 37.7. The lowest BCUT2D eigenvalue weighted by molar-refractivity contribution is -0.131. The first kappa shape index (κ1) is 27.8. The molecule has 194 valence electrons. The van der Waals surface area contributed by atoms with E-state index in [9.17, 15) is 14.4 Å². The van der Waals surface area contributed by atoms with Crippen LogP contribution in [0.25, 0.3) is 6.08 Å². The molecule has 0 spiro atoms. The van der Waals surface area contributed by atoms with E-state index in [1.165, 1.54) is 13.2 Å². The maximum absolute atomic E-state index is 13.1. The second-order valence-corrected chi connectivity index (χ2v) is 8.54. The fourth-order valence-corrected chi connectivity index (χ4v) is 3.72. The highest BCUT2D eigenvalue weighted by atomic mass is 35.5. The van der Waals surface area contributed by atoms with E-state index in [-0.39, 0.29) is 18.9 Å². The van der Waals surface area contributed by atoms with E-state index in [4.69, 9.17) is 27.9 Å². The molecule has 0 aliphatic rings. The van der Waals surface area contributed by atoms with Crippen molar-refractivity contribution >= 4 is 47.0 Å². The standard InChI is InChI=1S/C29H26ClN3O5/c1-3-16-33(19-21-10-8-20(9-11-21)13-15-28(35)36)27(34)18-22-12-14-25(26(17-22)38-2)32-29(37)31-24-7-5-4-6-23(24)30/h1,4-15,17H,16,18-19H2,2H3,(H,35,36)(H2,31,32,37)/b15-13+. The SMILES string of the molecule is C#CCN(Cc1ccc(/C=C/C(=O)O)cc1)C(=O)Cc1ccc(NC(=O)Nc2ccccc2Cl)c(OC)c1. The van der Waals surface area contributed by atoms with Crippen LogP contribution in [0.1, 0.15) is 16.7 Å². The lowest BCUT2D eigenvalue weighted by atomic mass is 10.1. The molecule has 0 heterocycles. The number of nitrogens with zero attached hydrogens (tertiary/aromatic N) is 1. The zero-order chi connectivity index (χ0) is 27.5. The minimum atomic E-state index is -1.03. The minimum Gasteiger partial charge on any atom is -0.495 e. The third-order valence-electron chi connectivity index (χ3n) is 5.40. The third-order valence-corrected chi connectivity index (χ3v) is 5.73. The van der Waals surface area contributed by atoms with Gasteiger partial charge < -0.3 is 25.4 Å². The largest absolute Gasteiger partial charge is 0.495 e. The molecular weight excluding hydrogens is 506 g/mol. The second kappa shape index (κ2) is 13.5. The molecule has 8 nitrogen and oxygen atoms in total. The first-order valence-electron chi connectivity index (χ1n) is 11.5. The molecular formula is C29H26ClN3O5. The molecule has 3 rings (SSSR count). The van der Waals surface area contributed by atoms with Crippen LogP contribution in [0.3, 0.4) is 0 Å². The number of aliphatic carboxylic acids is 1. The summed E-state index contributed by atoms with van der Waals surface area (Å²) in [5, 5.41) is 14.6. The number of amides is 3. The molecule has 3 aromatic rings. The average Bonchev–Trinajstić information content (AvgIpc) is 2.90. The average molecular weight is 532 g/mol. The minimum absolute atomic E-state index is 0.0730. The van der Waals surface area contributed by atoms with Crippen molar-refractivity contribution in [2.45, 2.75) is 13.0 Å². The third kappa shape index (κ3) is 8.15. The molecule has 0 aromatic heterocycles. The smallest absolute Gasteiger partial charge is 0.328 e. The van der Waals surface area contributed by atoms with Gasteiger partial charge in [0.25, 0.3) is 0 Å². The van der Waals surface area contributed by atoms with Gasteiger partial charge in [0, 0.05) is 12.6 Å². The maximum Gasteiger partial charge on any atom is 0.328 e. The lowest BCUT2D eigenvalue weighted by Gasteiger charge is -2.21. The van der Waals surface area contributed by atoms with E-state index in [1.807, 2.05) is 12.1 Å². The molecule has 0 fully saturated rings. The van der Waals surface area contributed by atoms with E-state index in [0.29, 0.717) is 34.3 Å². The quantitative estimate of drug-likeness (QED) is 0.243. The van der Waals surface area contributed by atoms with Gasteiger partial charge in [0.2, 0.25) is 5.91 Å². The van der Waals surface area contributed by atoms with Gasteiger partial charge in [0.1, 0.15) is 5.75 Å². The van der Waals surface area contributed by atoms with Crippen LogP contribution in [0.2, 0.25) is 5.02 Å². The molecule has 9 heteroatoms. The van der Waals surface area contributed by atoms with E-state index < -0.39 is 12.0 Å². The highest BCUT2D eigenvalue weighted by molar-refractivity contribution is 6.33. The monoisotopic (exact) mass is 531 g/mol. The number of halogens is 1. The number of ether oxygens (including phenoxy) is 1. The maximum atomic E-state index is 13.1. The molecule has 0 bridgehead atoms. The molecule has 0 saturated carbocycles. The topological polar surface area (TPSA) is 108 Å². The number of hydrogen-bond acceptors (Lipinski definition) is 4. The summed E-state index contributed by atoms with van der Waals surface area (Å²) in [6, 6.07) is 18.6. The Balaban J connectivity index is 1.66. The van der Waals surface area contributed by atoms with Crippen LogP contribution in [0.5, 0.6) is 5.75 Å². The van der Waals surface area contributed by atoms with Gasteiger partial charge in [-0.1, -0.05) is 60.0 Å². The molecule has 0 saturated heterocycles. The number of anilines is 2. The molecule has 0 radical (unpaired) electrons. The van der Waals surface area contributed by atoms with Gasteiger partial charge in [-0.3, -0.25) is 4.79 Å². The van der Waals surface area contributed by atoms with Crippen LogP contribution < -0.4 is 15.4 Å². The van der Waals surface area contributed by atoms with E-state index >= 15 is 0 Å². The summed E-state index contributed by atoms with van der Waals surface area (Å²) in [5.74, 6) is 1.69. The van der Waals surface area contributed by atoms with Crippen molar-refractivity contribution < 1.29 is 24.2 Å². The number of benzene rings is 3. The number of carbonyl (C=O) groups is 3. The van der Waals surface area contributed by atoms with Gasteiger partial charge in [-0.05, 0) is 47.0 Å². The van der Waals surface area contributed by atoms with Crippen LogP contribution in [0, 0.1) is 12.3 Å². The number of nitrogens with one attached hydrogen (secondary N) is 2. The van der Waals surface area contributed by atoms with E-state index in [1.54, 1.807) is 59.5 Å². The first-order chi connectivity index (χ1) is 18.3. The molecule has 3 amide bonds. The molecule has 0 aliphatic carbocycles. The van der Waals surface area contributed by atoms with Crippen LogP contribution in [-0.2, 0) is 22.6 Å². The van der Waals surface area contributed by atoms with Crippen molar-refractivity contribution in [3.63, 3.8) is 0 Å². The number of urea groups is 1. The predicted molar refractivity (Wildman–Crippen MR) is 148 cm³/mol. The van der Waals surface area contributed by atoms with Gasteiger partial charge in [-0.15, -0.1) is 6.42 Å². The number of rotatable bonds is 10. The number of carbonyl (C=O) groups excluding carboxylic acids is 2. The van der Waals surface area contributed by atoms with Crippen molar-refractivity contribution in [1.82, 2.24) is 4.90 Å². The zero-order valence-corrected chi connectivity index (χ0v) is 21.4. The molecule has 0 unspecified atom stereocenters. The number of methoxy groups -OCH3 is 1. The van der Waals surface area contributed by atoms with Crippen LogP contribution in [-0.4, -0.2) is 41.6 Å². The van der Waals surface area contributed by atoms with Gasteiger partial charge >= 0.3 is 12.0 Å². The number of terminal acetylenes is 1. The predicted octanol–water partition coefficient (Wildman–Crippen LogP) is 5.29. The molecule has 0 aliphatic heterocycles. The normalized spacial score (nSPS) is 10.4. The fraction of sp³-hybridized carbons (Fsp3) is 0.138. The summed E-state index contributed by atoms with van der Waals surface area (Å²) in [6.07, 6.45) is 8.12. The first-order valence-corrected chi connectivity index (χ1v) is 11.9. The van der Waals surface area contributed by atoms with Gasteiger partial charge in [0.05, 0.1) is 36.5 Å². The Hall–Kier alpha value is -4.74. The Morgan fingerprint density at radius 3 is 2.37 bits per heavy atom. The van der Waals surface area contributed by atoms with Crippen molar-refractivity contribution in [2.24, 2.45) is 0 Å². The van der Waals surface area contributed by atoms with Crippen molar-refractivity contribution in [1.29, 1.82) is 0 Å². The Morgan fingerprint density at radius 1 is 1.03 bits per heavy atom. The van der Waals surface area contributed by atoms with Crippen molar-refractivity contribution in [2.75, 3.05) is 24.3 Å². The summed E-state index contributed by atoms with van der Waals surface area (Å²) in [5.41, 5.74) is 3.15. The lowest BCUT2D eigenvalue weighted by Crippen LogP contribution is -2.32. The Bertz CT molecular complexity index is 1380. The Kier molecular flexibility index (Phi) is 9.92. The number of para-hydroxylation sites is 1. The number of carboxylic acids is 1. The molecule has 38 heavy (non-hydrogen) atoms. The highest BCUT2D eigenvalue weighted by Crippen LogP contribution is 2.27. The Morgan fingerprint density at radius 2 is 1.71 bits per heavy atom. The molecule has 0 atom stereocenters. The van der Waals surface area contributed by atoms with E-state index in [0.717, 1.165) is 17.2 Å². The van der Waals surface area contributed by atoms with E-state index in [2.05, 4.69) is 16.6 Å². The summed E-state index contributed by atoms with van der Waals surface area (Å²) in [7, 11) is 1.47. The van der Waals surface area contributed by atoms with Gasteiger partial charge in [0.15, 0.2) is 0 Å². The van der Waals surface area contributed by atoms with Crippen LogP contribution in [0.4, 0.5) is 16.2 Å². The number of carboxylic acid groups (broad SMARTS) is 1. The molecule has 3 N–H and O–H groups in total. The fourth-order valence-electron chi connectivity index (χ4n) is 3.54. The highest BCUT2D eigenvalue weighted by Gasteiger charge is 2.16. The molecule has 3 aromatic carbocycles. The van der Waals surface area contributed by atoms with Crippen molar-refractivity contribution in [3.05, 3.63) is 94.5 Å². The van der Waals surface area contributed by atoms with Crippen LogP contribution in [0.15, 0.2) is 72.8 Å². The second-order valence-electron chi connectivity index (χ2n) is 8.14. The zero-order valence-electron chi connectivity index (χ0n) is 20.6. The summed E-state index contributed by atoms with van der Waals surface area (Å²) >= 11 is 6.09. The Labute approximate surface area is 225 Å². The number of hydrogen-bond donors (Lipinski definition) is 3. The van der Waals surface area contributed by atoms with Gasteiger partial charge in [-0.25, -0.2) is 9.59 Å². The summed E-state index contributed by atoms with van der Waals surface area (Å²) in [6.45, 7) is 0.420. The van der Waals surface area contributed by atoms with Gasteiger partial charge in [-0.2, -0.15) is 0 Å². The summed E-state index contributed by atoms with van der Waals surface area (Å²) < 4.78 is 5.42. The van der Waals surface area contributed by atoms with Crippen LogP contribution >= 0.6 is 11.6 Å².